The third-order valence-electron chi connectivity index (χ3n) is 6.18. The molecular weight excluding hydrogens is 379 g/mol. The molecule has 0 aliphatic heterocycles. The van der Waals surface area contributed by atoms with E-state index in [4.69, 9.17) is 0 Å². The number of hydrogen-bond acceptors (Lipinski definition) is 0. The fourth-order valence-electron chi connectivity index (χ4n) is 5.03. The first-order valence-electron chi connectivity index (χ1n) is 9.13. The van der Waals surface area contributed by atoms with Gasteiger partial charge >= 0.3 is 155 Å². The second-order valence-corrected chi connectivity index (χ2v) is 19.8. The Morgan fingerprint density at radius 1 is 0.640 bits per heavy atom. The summed E-state index contributed by atoms with van der Waals surface area (Å²) in [5.74, 6) is 0. The Kier molecular flexibility index (Phi) is 3.51. The first-order valence-corrected chi connectivity index (χ1v) is 16.9. The van der Waals surface area contributed by atoms with Crippen molar-refractivity contribution in [2.45, 2.75) is 16.5 Å². The SMILES string of the molecule is [CH3][Zr]([CH3])([CH]1C=Cc2ccccc21)[CH]1c2ccccc2-c2ccccc21. The normalized spacial score (nSPS) is 18.1. The Bertz CT molecular complexity index is 951. The summed E-state index contributed by atoms with van der Waals surface area (Å²) in [4.78, 5) is 0. The number of rotatable bonds is 2. The van der Waals surface area contributed by atoms with Gasteiger partial charge in [-0.15, -0.1) is 0 Å². The van der Waals surface area contributed by atoms with Gasteiger partial charge in [0.25, 0.3) is 0 Å². The zero-order valence-electron chi connectivity index (χ0n) is 14.7. The summed E-state index contributed by atoms with van der Waals surface area (Å²) < 4.78 is 6.57. The third-order valence-corrected chi connectivity index (χ3v) is 16.5. The molecule has 0 spiro atoms. The van der Waals surface area contributed by atoms with Gasteiger partial charge in [0.05, 0.1) is 0 Å². The van der Waals surface area contributed by atoms with Gasteiger partial charge in [0.1, 0.15) is 0 Å². The first kappa shape index (κ1) is 15.5. The molecular formula is C24H22Zr. The van der Waals surface area contributed by atoms with Crippen molar-refractivity contribution < 1.29 is 20.3 Å². The van der Waals surface area contributed by atoms with Crippen LogP contribution in [0.4, 0.5) is 0 Å². The fourth-order valence-corrected chi connectivity index (χ4v) is 15.2. The average molecular weight is 402 g/mol. The molecule has 0 saturated heterocycles. The first-order chi connectivity index (χ1) is 12.2. The van der Waals surface area contributed by atoms with Crippen LogP contribution in [0.1, 0.15) is 29.5 Å². The van der Waals surface area contributed by atoms with E-state index in [1.165, 1.54) is 16.7 Å². The van der Waals surface area contributed by atoms with E-state index < -0.39 is 20.3 Å². The van der Waals surface area contributed by atoms with E-state index in [1.54, 1.807) is 16.7 Å². The van der Waals surface area contributed by atoms with Crippen LogP contribution in [0.2, 0.25) is 9.26 Å². The molecule has 1 atom stereocenters. The maximum absolute atomic E-state index is 2.65. The molecule has 3 aromatic rings. The molecule has 3 aromatic carbocycles. The molecule has 2 aliphatic rings. The van der Waals surface area contributed by atoms with Gasteiger partial charge in [-0.1, -0.05) is 0 Å². The number of hydrogen-bond donors (Lipinski definition) is 0. The molecule has 122 valence electrons. The zero-order chi connectivity index (χ0) is 17.0. The topological polar surface area (TPSA) is 0 Å². The summed E-state index contributed by atoms with van der Waals surface area (Å²) in [5.41, 5.74) is 9.05. The van der Waals surface area contributed by atoms with Crippen molar-refractivity contribution in [3.05, 3.63) is 101 Å². The molecule has 1 unspecified atom stereocenters. The molecule has 1 heteroatoms. The van der Waals surface area contributed by atoms with Crippen LogP contribution >= 0.6 is 0 Å². The van der Waals surface area contributed by atoms with Gasteiger partial charge in [0.2, 0.25) is 0 Å². The van der Waals surface area contributed by atoms with E-state index in [9.17, 15) is 0 Å². The Hall–Kier alpha value is -1.72. The molecule has 0 heterocycles. The van der Waals surface area contributed by atoms with E-state index in [0.29, 0.717) is 7.25 Å². The molecule has 0 amide bonds. The second kappa shape index (κ2) is 5.65. The predicted octanol–water partition coefficient (Wildman–Crippen LogP) is 6.77. The van der Waals surface area contributed by atoms with E-state index in [0.717, 1.165) is 0 Å². The van der Waals surface area contributed by atoms with Crippen LogP contribution in [0, 0.1) is 0 Å². The fraction of sp³-hybridized carbons (Fsp3) is 0.167. The van der Waals surface area contributed by atoms with Crippen LogP contribution in [0.15, 0.2) is 78.9 Å². The third kappa shape index (κ3) is 2.22. The van der Waals surface area contributed by atoms with Crippen molar-refractivity contribution in [3.8, 4) is 11.1 Å². The minimum atomic E-state index is -2.59. The van der Waals surface area contributed by atoms with Crippen molar-refractivity contribution in [1.29, 1.82) is 0 Å². The van der Waals surface area contributed by atoms with Crippen molar-refractivity contribution in [2.24, 2.45) is 0 Å². The quantitative estimate of drug-likeness (QED) is 0.444. The molecule has 0 fully saturated rings. The van der Waals surface area contributed by atoms with Gasteiger partial charge in [0.15, 0.2) is 0 Å². The molecule has 0 aromatic heterocycles. The number of benzene rings is 3. The van der Waals surface area contributed by atoms with E-state index in [-0.39, 0.29) is 0 Å². The average Bonchev–Trinajstić information content (AvgIpc) is 3.22. The predicted molar refractivity (Wildman–Crippen MR) is 104 cm³/mol. The number of fused-ring (bicyclic) bond motifs is 4. The molecule has 0 nitrogen and oxygen atoms in total. The van der Waals surface area contributed by atoms with Gasteiger partial charge in [0, 0.05) is 0 Å². The Morgan fingerprint density at radius 2 is 1.16 bits per heavy atom. The number of allylic oxidation sites excluding steroid dienone is 1. The standard InChI is InChI=1S/C13H9.C9H7.2CH3.Zr/c1-3-7-12-10(5-1)9-11-6-2-4-8-13(11)12;1-2-5-9-7-3-6-8(9)4-1;;;/h1-9H;1-7H;2*1H3;. The Morgan fingerprint density at radius 3 is 1.80 bits per heavy atom. The van der Waals surface area contributed by atoms with Crippen LogP contribution < -0.4 is 0 Å². The molecule has 5 rings (SSSR count). The van der Waals surface area contributed by atoms with E-state index in [2.05, 4.69) is 94.2 Å². The summed E-state index contributed by atoms with van der Waals surface area (Å²) in [6.07, 6.45) is 4.86. The minimum absolute atomic E-state index is 0.627. The van der Waals surface area contributed by atoms with Crippen molar-refractivity contribution in [1.82, 2.24) is 0 Å². The Labute approximate surface area is 154 Å². The van der Waals surface area contributed by atoms with Gasteiger partial charge in [-0.3, -0.25) is 0 Å². The van der Waals surface area contributed by atoms with Crippen LogP contribution in [-0.2, 0) is 20.3 Å². The van der Waals surface area contributed by atoms with Crippen LogP contribution in [0.25, 0.3) is 17.2 Å². The zero-order valence-corrected chi connectivity index (χ0v) is 17.2. The van der Waals surface area contributed by atoms with Crippen molar-refractivity contribution in [3.63, 3.8) is 0 Å². The molecule has 0 N–H and O–H groups in total. The van der Waals surface area contributed by atoms with Gasteiger partial charge in [-0.05, 0) is 0 Å². The van der Waals surface area contributed by atoms with Gasteiger partial charge in [-0.25, -0.2) is 0 Å². The Balaban J connectivity index is 1.70. The van der Waals surface area contributed by atoms with Crippen LogP contribution in [0.5, 0.6) is 0 Å². The summed E-state index contributed by atoms with van der Waals surface area (Å²) in [7, 11) is 0. The van der Waals surface area contributed by atoms with E-state index >= 15 is 0 Å². The summed E-state index contributed by atoms with van der Waals surface area (Å²) in [6.45, 7) is 0. The maximum atomic E-state index is 2.65. The van der Waals surface area contributed by atoms with Crippen molar-refractivity contribution in [2.75, 3.05) is 0 Å². The monoisotopic (exact) mass is 400 g/mol. The molecule has 0 radical (unpaired) electrons. The molecule has 0 bridgehead atoms. The van der Waals surface area contributed by atoms with E-state index in [1.807, 2.05) is 0 Å². The van der Waals surface area contributed by atoms with Crippen LogP contribution in [0.3, 0.4) is 0 Å². The summed E-state index contributed by atoms with van der Waals surface area (Å²) in [6, 6.07) is 27.2. The summed E-state index contributed by atoms with van der Waals surface area (Å²) in [5, 5.41) is 0. The molecule has 25 heavy (non-hydrogen) atoms. The summed E-state index contributed by atoms with van der Waals surface area (Å²) >= 11 is -2.59. The van der Waals surface area contributed by atoms with Gasteiger partial charge in [-0.2, -0.15) is 0 Å². The molecule has 2 aliphatic carbocycles. The van der Waals surface area contributed by atoms with Gasteiger partial charge < -0.3 is 0 Å². The second-order valence-electron chi connectivity index (χ2n) is 7.89. The van der Waals surface area contributed by atoms with Crippen molar-refractivity contribution >= 4 is 6.08 Å². The molecule has 0 saturated carbocycles. The van der Waals surface area contributed by atoms with Crippen LogP contribution in [-0.4, -0.2) is 0 Å².